The Balaban J connectivity index is 1.62. The van der Waals surface area contributed by atoms with Crippen molar-refractivity contribution < 1.29 is 17.9 Å². The molecule has 1 aromatic carbocycles. The Hall–Kier alpha value is -0.973. The van der Waals surface area contributed by atoms with Crippen molar-refractivity contribution in [2.45, 2.75) is 83.0 Å². The Kier molecular flexibility index (Phi) is 8.86. The number of rotatable bonds is 10. The highest BCUT2D eigenvalue weighted by atomic mass is 28.3. The van der Waals surface area contributed by atoms with Gasteiger partial charge < -0.3 is 4.74 Å². The highest BCUT2D eigenvalue weighted by Crippen LogP contribution is 2.31. The van der Waals surface area contributed by atoms with Crippen LogP contribution in [0.5, 0.6) is 5.75 Å². The van der Waals surface area contributed by atoms with E-state index in [-0.39, 0.29) is 14.5 Å². The second-order valence-corrected chi connectivity index (χ2v) is 10.2. The van der Waals surface area contributed by atoms with Crippen molar-refractivity contribution in [2.75, 3.05) is 0 Å². The third-order valence-electron chi connectivity index (χ3n) is 5.24. The van der Waals surface area contributed by atoms with Gasteiger partial charge in [-0.3, -0.25) is 0 Å². The van der Waals surface area contributed by atoms with E-state index in [4.69, 9.17) is 0 Å². The zero-order valence-electron chi connectivity index (χ0n) is 15.2. The maximum atomic E-state index is 13.7. The summed E-state index contributed by atoms with van der Waals surface area (Å²) >= 11 is 0. The summed E-state index contributed by atoms with van der Waals surface area (Å²) in [5.41, 5.74) is 0.854. The van der Waals surface area contributed by atoms with Crippen LogP contribution in [0.15, 0.2) is 18.2 Å². The average Bonchev–Trinajstić information content (AvgIpc) is 2.60. The van der Waals surface area contributed by atoms with Crippen molar-refractivity contribution in [1.29, 1.82) is 0 Å². The molecule has 0 spiro atoms. The SMILES string of the molecule is CCCC[Si]1CCC(CCCCc2ccc(OC(F)F)c(F)c2)CC1. The molecule has 1 nitrogen and oxygen atoms in total. The van der Waals surface area contributed by atoms with Crippen LogP contribution < -0.4 is 4.74 Å². The van der Waals surface area contributed by atoms with E-state index in [0.29, 0.717) is 0 Å². The number of hydrogen-bond donors (Lipinski definition) is 0. The fourth-order valence-corrected chi connectivity index (χ4v) is 6.94. The van der Waals surface area contributed by atoms with Crippen LogP contribution in [0.4, 0.5) is 13.2 Å². The Morgan fingerprint density at radius 3 is 2.56 bits per heavy atom. The molecule has 1 heterocycles. The van der Waals surface area contributed by atoms with E-state index < -0.39 is 12.4 Å². The van der Waals surface area contributed by atoms with Crippen molar-refractivity contribution in [3.05, 3.63) is 29.6 Å². The monoisotopic (exact) mass is 371 g/mol. The minimum absolute atomic E-state index is 0.0400. The van der Waals surface area contributed by atoms with Crippen LogP contribution in [-0.4, -0.2) is 15.4 Å². The lowest BCUT2D eigenvalue weighted by molar-refractivity contribution is -0.0522. The van der Waals surface area contributed by atoms with Crippen LogP contribution in [0.1, 0.15) is 57.4 Å². The van der Waals surface area contributed by atoms with Crippen LogP contribution in [0.3, 0.4) is 0 Å². The molecule has 0 amide bonds. The molecule has 0 N–H and O–H groups in total. The number of benzene rings is 1. The number of hydrogen-bond acceptors (Lipinski definition) is 1. The van der Waals surface area contributed by atoms with Gasteiger partial charge in [-0.2, -0.15) is 8.78 Å². The molecule has 1 aliphatic rings. The summed E-state index contributed by atoms with van der Waals surface area (Å²) in [4.78, 5) is 0. The molecule has 1 fully saturated rings. The topological polar surface area (TPSA) is 9.23 Å². The van der Waals surface area contributed by atoms with Gasteiger partial charge in [0.2, 0.25) is 0 Å². The first-order valence-corrected chi connectivity index (χ1v) is 11.8. The first-order valence-electron chi connectivity index (χ1n) is 9.65. The number of unbranched alkanes of at least 4 members (excludes halogenated alkanes) is 2. The molecule has 25 heavy (non-hydrogen) atoms. The highest BCUT2D eigenvalue weighted by Gasteiger charge is 2.21. The van der Waals surface area contributed by atoms with Crippen molar-refractivity contribution in [3.63, 3.8) is 0 Å². The fourth-order valence-electron chi connectivity index (χ4n) is 3.70. The Morgan fingerprint density at radius 2 is 1.92 bits per heavy atom. The van der Waals surface area contributed by atoms with E-state index >= 15 is 0 Å². The maximum absolute atomic E-state index is 13.7. The van der Waals surface area contributed by atoms with Gasteiger partial charge in [-0.05, 0) is 36.5 Å². The first-order chi connectivity index (χ1) is 12.1. The van der Waals surface area contributed by atoms with Gasteiger partial charge in [-0.1, -0.05) is 69.6 Å². The summed E-state index contributed by atoms with van der Waals surface area (Å²) in [7, 11) is -0.0400. The van der Waals surface area contributed by atoms with Gasteiger partial charge in [0.25, 0.3) is 0 Å². The lowest BCUT2D eigenvalue weighted by atomic mass is 9.95. The zero-order valence-corrected chi connectivity index (χ0v) is 16.2. The third kappa shape index (κ3) is 7.43. The molecule has 0 aliphatic carbocycles. The molecule has 2 rings (SSSR count). The number of aryl methyl sites for hydroxylation is 1. The first kappa shape index (κ1) is 20.3. The lowest BCUT2D eigenvalue weighted by Crippen LogP contribution is -2.21. The van der Waals surface area contributed by atoms with Crippen molar-refractivity contribution >= 4 is 8.80 Å². The summed E-state index contributed by atoms with van der Waals surface area (Å²) < 4.78 is 42.1. The fraction of sp³-hybridized carbons (Fsp3) is 0.700. The summed E-state index contributed by atoms with van der Waals surface area (Å²) in [6, 6.07) is 8.80. The van der Waals surface area contributed by atoms with Crippen molar-refractivity contribution in [1.82, 2.24) is 0 Å². The van der Waals surface area contributed by atoms with Gasteiger partial charge in [0.05, 0.1) is 0 Å². The second-order valence-electron chi connectivity index (χ2n) is 7.19. The van der Waals surface area contributed by atoms with E-state index in [9.17, 15) is 13.2 Å². The van der Waals surface area contributed by atoms with Crippen LogP contribution >= 0.6 is 0 Å². The van der Waals surface area contributed by atoms with Gasteiger partial charge in [0.1, 0.15) is 0 Å². The minimum atomic E-state index is -2.99. The smallest absolute Gasteiger partial charge is 0.387 e. The Bertz CT molecular complexity index is 502. The summed E-state index contributed by atoms with van der Waals surface area (Å²) in [5, 5.41) is 0. The predicted molar refractivity (Wildman–Crippen MR) is 98.4 cm³/mol. The maximum Gasteiger partial charge on any atom is 0.387 e. The minimum Gasteiger partial charge on any atom is -0.432 e. The highest BCUT2D eigenvalue weighted by molar-refractivity contribution is 6.58. The zero-order chi connectivity index (χ0) is 18.1. The quantitative estimate of drug-likeness (QED) is 0.323. The molecule has 5 heteroatoms. The van der Waals surface area contributed by atoms with Crippen molar-refractivity contribution in [2.24, 2.45) is 5.92 Å². The summed E-state index contributed by atoms with van der Waals surface area (Å²) in [6.07, 6.45) is 9.82. The molecule has 0 atom stereocenters. The van der Waals surface area contributed by atoms with Crippen LogP contribution in [-0.2, 0) is 6.42 Å². The van der Waals surface area contributed by atoms with Gasteiger partial charge in [-0.15, -0.1) is 0 Å². The number of ether oxygens (including phenoxy) is 1. The molecule has 0 bridgehead atoms. The van der Waals surface area contributed by atoms with E-state index in [1.54, 1.807) is 6.07 Å². The van der Waals surface area contributed by atoms with E-state index in [1.807, 2.05) is 0 Å². The summed E-state index contributed by atoms with van der Waals surface area (Å²) in [6.45, 7) is -0.709. The van der Waals surface area contributed by atoms with Gasteiger partial charge in [0, 0.05) is 8.80 Å². The van der Waals surface area contributed by atoms with E-state index in [0.717, 1.165) is 24.3 Å². The van der Waals surface area contributed by atoms with Gasteiger partial charge >= 0.3 is 6.61 Å². The van der Waals surface area contributed by atoms with Gasteiger partial charge in [0.15, 0.2) is 11.6 Å². The Morgan fingerprint density at radius 1 is 1.16 bits per heavy atom. The van der Waals surface area contributed by atoms with Crippen LogP contribution in [0.2, 0.25) is 18.1 Å². The number of alkyl halides is 2. The lowest BCUT2D eigenvalue weighted by Gasteiger charge is -2.27. The molecular weight excluding hydrogens is 341 g/mol. The molecular formula is C20H30F3OSi. The standard InChI is InChI=1S/C20H30F3OSi/c1-2-3-12-25-13-10-16(11-14-25)6-4-5-7-17-8-9-19(18(21)15-17)24-20(22)23/h8-9,15-16,20H,2-7,10-14H2,1H3. The molecule has 0 aromatic heterocycles. The van der Waals surface area contributed by atoms with Crippen LogP contribution in [0.25, 0.3) is 0 Å². The largest absolute Gasteiger partial charge is 0.432 e. The molecule has 1 radical (unpaired) electrons. The van der Waals surface area contributed by atoms with E-state index in [2.05, 4.69) is 11.7 Å². The molecule has 1 saturated heterocycles. The molecule has 141 valence electrons. The number of halogens is 3. The third-order valence-corrected chi connectivity index (χ3v) is 8.29. The Labute approximate surface area is 151 Å². The second kappa shape index (κ2) is 10.9. The predicted octanol–water partition coefficient (Wildman–Crippen LogP) is 6.84. The normalized spacial score (nSPS) is 16.5. The molecule has 0 unspecified atom stereocenters. The molecule has 1 aliphatic heterocycles. The average molecular weight is 372 g/mol. The van der Waals surface area contributed by atoms with E-state index in [1.165, 1.54) is 68.8 Å². The molecule has 1 aromatic rings. The van der Waals surface area contributed by atoms with Crippen LogP contribution in [0, 0.1) is 11.7 Å². The van der Waals surface area contributed by atoms with Gasteiger partial charge in [-0.25, -0.2) is 4.39 Å². The van der Waals surface area contributed by atoms with Crippen molar-refractivity contribution in [3.8, 4) is 5.75 Å². The summed E-state index contributed by atoms with van der Waals surface area (Å²) in [5.74, 6) is -0.192. The molecule has 0 saturated carbocycles.